The number of hydrazine groups is 1. The van der Waals surface area contributed by atoms with Crippen molar-refractivity contribution in [3.05, 3.63) is 59.2 Å². The van der Waals surface area contributed by atoms with Gasteiger partial charge in [-0.1, -0.05) is 6.58 Å². The average molecular weight is 435 g/mol. The van der Waals surface area contributed by atoms with Crippen molar-refractivity contribution in [2.24, 2.45) is 0 Å². The predicted octanol–water partition coefficient (Wildman–Crippen LogP) is 2.02. The zero-order chi connectivity index (χ0) is 23.2. The maximum absolute atomic E-state index is 13.1. The highest BCUT2D eigenvalue weighted by Gasteiger charge is 2.40. The third-order valence-corrected chi connectivity index (χ3v) is 5.54. The van der Waals surface area contributed by atoms with Gasteiger partial charge in [0.05, 0.1) is 17.7 Å². The minimum atomic E-state index is -0.527. The van der Waals surface area contributed by atoms with Crippen LogP contribution in [0.4, 0.5) is 0 Å². The van der Waals surface area contributed by atoms with Crippen molar-refractivity contribution >= 4 is 40.4 Å². The van der Waals surface area contributed by atoms with Gasteiger partial charge in [-0.05, 0) is 37.1 Å². The highest BCUT2D eigenvalue weighted by molar-refractivity contribution is 6.33. The molecule has 0 fully saturated rings. The molecule has 2 aromatic rings. The normalized spacial score (nSPS) is 15.1. The van der Waals surface area contributed by atoms with Crippen LogP contribution in [0.1, 0.15) is 54.3 Å². The Labute approximate surface area is 183 Å². The van der Waals surface area contributed by atoms with Gasteiger partial charge in [0.25, 0.3) is 23.6 Å². The maximum Gasteiger partial charge on any atom is 0.330 e. The third kappa shape index (κ3) is 3.18. The van der Waals surface area contributed by atoms with Gasteiger partial charge < -0.3 is 4.74 Å². The molecule has 0 bridgehead atoms. The van der Waals surface area contributed by atoms with Crippen molar-refractivity contribution in [3.8, 4) is 0 Å². The molecule has 32 heavy (non-hydrogen) atoms. The fraction of sp³-hybridized carbons (Fsp3) is 0.261. The fourth-order valence-corrected chi connectivity index (χ4v) is 4.08. The molecule has 0 atom stereocenters. The molecule has 0 spiro atoms. The molecule has 0 N–H and O–H groups in total. The van der Waals surface area contributed by atoms with Crippen LogP contribution in [0.25, 0.3) is 10.8 Å². The van der Waals surface area contributed by atoms with Gasteiger partial charge in [0.15, 0.2) is 0 Å². The van der Waals surface area contributed by atoms with Gasteiger partial charge in [-0.3, -0.25) is 24.1 Å². The van der Waals surface area contributed by atoms with E-state index >= 15 is 0 Å². The molecule has 0 saturated carbocycles. The minimum Gasteiger partial charge on any atom is -0.463 e. The minimum absolute atomic E-state index is 0.153. The highest BCUT2D eigenvalue weighted by atomic mass is 16.5. The second-order valence-electron chi connectivity index (χ2n) is 7.68. The van der Waals surface area contributed by atoms with Crippen LogP contribution in [0.5, 0.6) is 0 Å². The fourth-order valence-electron chi connectivity index (χ4n) is 4.08. The molecule has 0 saturated heterocycles. The van der Waals surface area contributed by atoms with Gasteiger partial charge in [-0.15, -0.1) is 0 Å². The molecule has 4 amide bonds. The zero-order valence-corrected chi connectivity index (χ0v) is 17.7. The van der Waals surface area contributed by atoms with Crippen molar-refractivity contribution in [2.45, 2.75) is 12.8 Å². The van der Waals surface area contributed by atoms with Crippen molar-refractivity contribution in [3.63, 3.8) is 0 Å². The molecule has 2 aliphatic heterocycles. The molecule has 0 aromatic heterocycles. The smallest absolute Gasteiger partial charge is 0.330 e. The number of carbonyl (C=O) groups is 5. The number of benzene rings is 2. The first-order chi connectivity index (χ1) is 15.3. The Balaban J connectivity index is 1.67. The van der Waals surface area contributed by atoms with E-state index in [-0.39, 0.29) is 35.4 Å². The Morgan fingerprint density at radius 1 is 0.875 bits per heavy atom. The number of rotatable bonds is 7. The van der Waals surface area contributed by atoms with Crippen molar-refractivity contribution < 1.29 is 28.7 Å². The number of nitrogens with zero attached hydrogens (tertiary/aromatic N) is 3. The van der Waals surface area contributed by atoms with Gasteiger partial charge in [0, 0.05) is 48.6 Å². The molecule has 0 unspecified atom stereocenters. The summed E-state index contributed by atoms with van der Waals surface area (Å²) in [5.41, 5.74) is 1.09. The summed E-state index contributed by atoms with van der Waals surface area (Å²) < 4.78 is 4.91. The first kappa shape index (κ1) is 21.4. The Morgan fingerprint density at radius 2 is 1.34 bits per heavy atom. The van der Waals surface area contributed by atoms with E-state index < -0.39 is 29.6 Å². The molecule has 4 rings (SSSR count). The molecule has 9 nitrogen and oxygen atoms in total. The van der Waals surface area contributed by atoms with Crippen LogP contribution in [0.15, 0.2) is 36.9 Å². The maximum atomic E-state index is 13.1. The van der Waals surface area contributed by atoms with E-state index in [9.17, 15) is 24.0 Å². The molecule has 2 aliphatic rings. The predicted molar refractivity (Wildman–Crippen MR) is 114 cm³/mol. The van der Waals surface area contributed by atoms with Crippen LogP contribution in [0.2, 0.25) is 0 Å². The van der Waals surface area contributed by atoms with Crippen LogP contribution in [0.3, 0.4) is 0 Å². The van der Waals surface area contributed by atoms with Crippen LogP contribution in [-0.2, 0) is 9.53 Å². The summed E-state index contributed by atoms with van der Waals surface area (Å²) in [5.74, 6) is -2.51. The van der Waals surface area contributed by atoms with Gasteiger partial charge in [0.1, 0.15) is 0 Å². The van der Waals surface area contributed by atoms with Crippen LogP contribution in [-0.4, -0.2) is 71.8 Å². The number of carbonyl (C=O) groups excluding carboxylic acids is 5. The average Bonchev–Trinajstić information content (AvgIpc) is 2.77. The zero-order valence-electron chi connectivity index (χ0n) is 17.7. The lowest BCUT2D eigenvalue weighted by Gasteiger charge is -2.34. The number of imide groups is 2. The van der Waals surface area contributed by atoms with Crippen LogP contribution < -0.4 is 0 Å². The summed E-state index contributed by atoms with van der Waals surface area (Å²) >= 11 is 0. The topological polar surface area (TPSA) is 104 Å². The Bertz CT molecular complexity index is 1150. The number of ether oxygens (including phenoxy) is 1. The molecular weight excluding hydrogens is 414 g/mol. The number of esters is 1. The second kappa shape index (κ2) is 8.01. The quantitative estimate of drug-likeness (QED) is 0.284. The van der Waals surface area contributed by atoms with E-state index in [0.29, 0.717) is 23.6 Å². The Morgan fingerprint density at radius 3 is 1.78 bits per heavy atom. The lowest BCUT2D eigenvalue weighted by Crippen LogP contribution is -2.49. The van der Waals surface area contributed by atoms with E-state index in [1.807, 2.05) is 0 Å². The summed E-state index contributed by atoms with van der Waals surface area (Å²) in [5, 5.41) is 3.10. The molecule has 164 valence electrons. The molecule has 2 heterocycles. The van der Waals surface area contributed by atoms with Gasteiger partial charge in [-0.2, -0.15) is 0 Å². The molecular formula is C23H21N3O6. The lowest BCUT2D eigenvalue weighted by atomic mass is 9.86. The lowest BCUT2D eigenvalue weighted by molar-refractivity contribution is -0.137. The summed E-state index contributed by atoms with van der Waals surface area (Å²) in [6, 6.07) is 6.11. The molecule has 2 aromatic carbocycles. The summed E-state index contributed by atoms with van der Waals surface area (Å²) in [4.78, 5) is 64.3. The van der Waals surface area contributed by atoms with E-state index in [0.717, 1.165) is 16.0 Å². The first-order valence-electron chi connectivity index (χ1n) is 10.1. The highest BCUT2D eigenvalue weighted by Crippen LogP contribution is 2.37. The number of unbranched alkanes of at least 4 members (excludes halogenated alkanes) is 1. The van der Waals surface area contributed by atoms with Gasteiger partial charge in [0.2, 0.25) is 0 Å². The van der Waals surface area contributed by atoms with E-state index in [4.69, 9.17) is 4.74 Å². The number of hydrogen-bond acceptors (Lipinski definition) is 7. The number of hydrogen-bond donors (Lipinski definition) is 0. The summed E-state index contributed by atoms with van der Waals surface area (Å²) in [6.07, 6.45) is 1.99. The first-order valence-corrected chi connectivity index (χ1v) is 10.1. The van der Waals surface area contributed by atoms with E-state index in [1.165, 1.54) is 29.3 Å². The largest absolute Gasteiger partial charge is 0.463 e. The second-order valence-corrected chi connectivity index (χ2v) is 7.68. The van der Waals surface area contributed by atoms with E-state index in [1.54, 1.807) is 14.1 Å². The third-order valence-electron chi connectivity index (χ3n) is 5.54. The monoisotopic (exact) mass is 435 g/mol. The van der Waals surface area contributed by atoms with Gasteiger partial charge in [-0.25, -0.2) is 14.8 Å². The number of amides is 4. The Kier molecular flexibility index (Phi) is 5.35. The SMILES string of the molecule is C=CC(=O)OCCCCN1C(=O)c2ccc3c4c(ccc(c24)C1=O)C(=O)N(N(C)C)C3=O. The van der Waals surface area contributed by atoms with Crippen LogP contribution >= 0.6 is 0 Å². The Hall–Kier alpha value is -3.85. The summed E-state index contributed by atoms with van der Waals surface area (Å²) in [7, 11) is 3.18. The van der Waals surface area contributed by atoms with Crippen molar-refractivity contribution in [2.75, 3.05) is 27.2 Å². The van der Waals surface area contributed by atoms with Crippen molar-refractivity contribution in [1.29, 1.82) is 0 Å². The molecule has 9 heteroatoms. The molecule has 0 aliphatic carbocycles. The molecule has 0 radical (unpaired) electrons. The van der Waals surface area contributed by atoms with Crippen LogP contribution in [0, 0.1) is 0 Å². The van der Waals surface area contributed by atoms with Crippen molar-refractivity contribution in [1.82, 2.24) is 14.9 Å². The van der Waals surface area contributed by atoms with E-state index in [2.05, 4.69) is 6.58 Å². The van der Waals surface area contributed by atoms with Gasteiger partial charge >= 0.3 is 5.97 Å². The standard InChI is InChI=1S/C23H21N3O6/c1-4-17(27)32-12-6-5-11-25-20(28)13-7-9-15-19-16(10-8-14(18(13)19)21(25)29)23(31)26(22(15)30)24(2)3/h4,7-10H,1,5-6,11-12H2,2-3H3. The summed E-state index contributed by atoms with van der Waals surface area (Å²) in [6.45, 7) is 3.63.